The molecule has 0 aliphatic heterocycles. The van der Waals surface area contributed by atoms with Crippen LogP contribution < -0.4 is 10.1 Å². The van der Waals surface area contributed by atoms with Gasteiger partial charge in [-0.2, -0.15) is 5.26 Å². The molecule has 2 aromatic carbocycles. The van der Waals surface area contributed by atoms with Crippen molar-refractivity contribution >= 4 is 46.8 Å². The maximum absolute atomic E-state index is 12.3. The SMILES string of the molecule is CCOC(=O)COc1ccc(/C=C(\C#N)C(=O)Nc2ccc(Cl)c(Cl)c2)cc1. The largest absolute Gasteiger partial charge is 0.482 e. The molecule has 2 rings (SSSR count). The van der Waals surface area contributed by atoms with Crippen molar-refractivity contribution in [3.05, 3.63) is 63.6 Å². The fraction of sp³-hybridized carbons (Fsp3) is 0.150. The van der Waals surface area contributed by atoms with Gasteiger partial charge in [0.05, 0.1) is 16.7 Å². The van der Waals surface area contributed by atoms with Crippen molar-refractivity contribution in [3.63, 3.8) is 0 Å². The van der Waals surface area contributed by atoms with E-state index in [-0.39, 0.29) is 18.8 Å². The third kappa shape index (κ3) is 6.31. The van der Waals surface area contributed by atoms with Crippen molar-refractivity contribution in [2.75, 3.05) is 18.5 Å². The van der Waals surface area contributed by atoms with Gasteiger partial charge < -0.3 is 14.8 Å². The molecule has 0 bridgehead atoms. The molecule has 2 aromatic rings. The van der Waals surface area contributed by atoms with Crippen LogP contribution in [0.5, 0.6) is 5.75 Å². The van der Waals surface area contributed by atoms with Crippen molar-refractivity contribution in [2.45, 2.75) is 6.92 Å². The van der Waals surface area contributed by atoms with Crippen molar-refractivity contribution < 1.29 is 19.1 Å². The first-order valence-corrected chi connectivity index (χ1v) is 8.95. The van der Waals surface area contributed by atoms with Crippen molar-refractivity contribution in [1.82, 2.24) is 0 Å². The van der Waals surface area contributed by atoms with E-state index >= 15 is 0 Å². The lowest BCUT2D eigenvalue weighted by atomic mass is 10.1. The molecule has 0 aromatic heterocycles. The molecule has 0 saturated carbocycles. The van der Waals surface area contributed by atoms with Gasteiger partial charge in [-0.15, -0.1) is 0 Å². The van der Waals surface area contributed by atoms with E-state index < -0.39 is 11.9 Å². The number of nitrogens with zero attached hydrogens (tertiary/aromatic N) is 1. The van der Waals surface area contributed by atoms with Crippen LogP contribution in [0.3, 0.4) is 0 Å². The standard InChI is InChI=1S/C20H16Cl2N2O4/c1-2-27-19(25)12-28-16-6-3-13(4-7-16)9-14(11-23)20(26)24-15-5-8-17(21)18(22)10-15/h3-10H,2,12H2,1H3,(H,24,26)/b14-9+. The second kappa shape index (κ2) is 10.4. The Morgan fingerprint density at radius 3 is 2.46 bits per heavy atom. The van der Waals surface area contributed by atoms with Crippen LogP contribution in [0.15, 0.2) is 48.0 Å². The molecule has 0 fully saturated rings. The molecule has 0 aliphatic carbocycles. The van der Waals surface area contributed by atoms with Crippen LogP contribution in [0.4, 0.5) is 5.69 Å². The maximum Gasteiger partial charge on any atom is 0.344 e. The van der Waals surface area contributed by atoms with Gasteiger partial charge in [0.1, 0.15) is 17.4 Å². The average molecular weight is 419 g/mol. The smallest absolute Gasteiger partial charge is 0.344 e. The van der Waals surface area contributed by atoms with Crippen LogP contribution in [0.2, 0.25) is 10.0 Å². The summed E-state index contributed by atoms with van der Waals surface area (Å²) in [4.78, 5) is 23.6. The summed E-state index contributed by atoms with van der Waals surface area (Å²) in [6.45, 7) is 1.80. The van der Waals surface area contributed by atoms with E-state index in [0.717, 1.165) is 0 Å². The van der Waals surface area contributed by atoms with E-state index in [1.807, 2.05) is 6.07 Å². The summed E-state index contributed by atoms with van der Waals surface area (Å²) in [6.07, 6.45) is 1.43. The molecule has 8 heteroatoms. The van der Waals surface area contributed by atoms with Gasteiger partial charge in [0.25, 0.3) is 5.91 Å². The monoisotopic (exact) mass is 418 g/mol. The average Bonchev–Trinajstić information content (AvgIpc) is 2.68. The van der Waals surface area contributed by atoms with Crippen LogP contribution in [0.25, 0.3) is 6.08 Å². The highest BCUT2D eigenvalue weighted by Crippen LogP contribution is 2.25. The number of amides is 1. The lowest BCUT2D eigenvalue weighted by Crippen LogP contribution is -2.14. The van der Waals surface area contributed by atoms with Gasteiger partial charge in [0.2, 0.25) is 0 Å². The Bertz CT molecular complexity index is 934. The molecule has 144 valence electrons. The zero-order valence-corrected chi connectivity index (χ0v) is 16.4. The second-order valence-electron chi connectivity index (χ2n) is 5.42. The number of hydrogen-bond acceptors (Lipinski definition) is 5. The molecule has 28 heavy (non-hydrogen) atoms. The summed E-state index contributed by atoms with van der Waals surface area (Å²) in [5.74, 6) is -0.579. The number of anilines is 1. The van der Waals surface area contributed by atoms with Gasteiger partial charge in [-0.3, -0.25) is 4.79 Å². The van der Waals surface area contributed by atoms with E-state index in [2.05, 4.69) is 5.32 Å². The van der Waals surface area contributed by atoms with Gasteiger partial charge in [0.15, 0.2) is 6.61 Å². The highest BCUT2D eigenvalue weighted by Gasteiger charge is 2.11. The molecule has 1 amide bonds. The zero-order chi connectivity index (χ0) is 20.5. The molecule has 0 heterocycles. The summed E-state index contributed by atoms with van der Waals surface area (Å²) >= 11 is 11.8. The Morgan fingerprint density at radius 1 is 1.14 bits per heavy atom. The number of hydrogen-bond donors (Lipinski definition) is 1. The van der Waals surface area contributed by atoms with Crippen molar-refractivity contribution in [1.29, 1.82) is 5.26 Å². The van der Waals surface area contributed by atoms with Crippen LogP contribution in [0.1, 0.15) is 12.5 Å². The predicted octanol–water partition coefficient (Wildman–Crippen LogP) is 4.48. The molecular formula is C20H16Cl2N2O4. The zero-order valence-electron chi connectivity index (χ0n) is 14.9. The Morgan fingerprint density at radius 2 is 1.86 bits per heavy atom. The minimum absolute atomic E-state index is 0.0914. The minimum Gasteiger partial charge on any atom is -0.482 e. The topological polar surface area (TPSA) is 88.4 Å². The third-order valence-electron chi connectivity index (χ3n) is 3.40. The molecule has 0 spiro atoms. The summed E-state index contributed by atoms with van der Waals surface area (Å²) < 4.78 is 10.1. The van der Waals surface area contributed by atoms with E-state index in [1.165, 1.54) is 12.1 Å². The van der Waals surface area contributed by atoms with Gasteiger partial charge in [0, 0.05) is 5.69 Å². The molecule has 0 unspecified atom stereocenters. The second-order valence-corrected chi connectivity index (χ2v) is 6.23. The van der Waals surface area contributed by atoms with E-state index in [1.54, 1.807) is 43.3 Å². The number of carbonyl (C=O) groups excluding carboxylic acids is 2. The van der Waals surface area contributed by atoms with Gasteiger partial charge in [-0.1, -0.05) is 35.3 Å². The third-order valence-corrected chi connectivity index (χ3v) is 4.13. The van der Waals surface area contributed by atoms with Gasteiger partial charge in [-0.05, 0) is 48.9 Å². The normalized spacial score (nSPS) is 10.7. The van der Waals surface area contributed by atoms with Crippen molar-refractivity contribution in [3.8, 4) is 11.8 Å². The Labute approximate surface area is 172 Å². The molecule has 0 aliphatic rings. The molecular weight excluding hydrogens is 403 g/mol. The quantitative estimate of drug-likeness (QED) is 0.406. The van der Waals surface area contributed by atoms with Crippen LogP contribution >= 0.6 is 23.2 Å². The fourth-order valence-electron chi connectivity index (χ4n) is 2.09. The summed E-state index contributed by atoms with van der Waals surface area (Å²) in [7, 11) is 0. The minimum atomic E-state index is -0.580. The first-order chi connectivity index (χ1) is 13.4. The molecule has 0 saturated heterocycles. The molecule has 0 atom stereocenters. The fourth-order valence-corrected chi connectivity index (χ4v) is 2.39. The van der Waals surface area contributed by atoms with Gasteiger partial charge in [-0.25, -0.2) is 4.79 Å². The first kappa shape index (κ1) is 21.3. The Kier molecular flexibility index (Phi) is 7.88. The number of benzene rings is 2. The number of nitriles is 1. The lowest BCUT2D eigenvalue weighted by Gasteiger charge is -2.07. The summed E-state index contributed by atoms with van der Waals surface area (Å²) in [5, 5.41) is 12.5. The molecule has 6 nitrogen and oxygen atoms in total. The molecule has 0 radical (unpaired) electrons. The predicted molar refractivity (Wildman–Crippen MR) is 107 cm³/mol. The number of halogens is 2. The lowest BCUT2D eigenvalue weighted by molar-refractivity contribution is -0.145. The number of nitrogens with one attached hydrogen (secondary N) is 1. The number of rotatable bonds is 7. The number of carbonyl (C=O) groups is 2. The Hall–Kier alpha value is -3.01. The van der Waals surface area contributed by atoms with E-state index in [0.29, 0.717) is 27.0 Å². The first-order valence-electron chi connectivity index (χ1n) is 8.19. The highest BCUT2D eigenvalue weighted by molar-refractivity contribution is 6.42. The van der Waals surface area contributed by atoms with Gasteiger partial charge >= 0.3 is 5.97 Å². The summed E-state index contributed by atoms with van der Waals surface area (Å²) in [6, 6.07) is 13.0. The van der Waals surface area contributed by atoms with Crippen molar-refractivity contribution in [2.24, 2.45) is 0 Å². The summed E-state index contributed by atoms with van der Waals surface area (Å²) in [5.41, 5.74) is 0.943. The number of ether oxygens (including phenoxy) is 2. The van der Waals surface area contributed by atoms with Crippen LogP contribution in [-0.4, -0.2) is 25.1 Å². The van der Waals surface area contributed by atoms with Crippen LogP contribution in [-0.2, 0) is 14.3 Å². The number of esters is 1. The van der Waals surface area contributed by atoms with Crippen LogP contribution in [0, 0.1) is 11.3 Å². The van der Waals surface area contributed by atoms with E-state index in [4.69, 9.17) is 32.7 Å². The maximum atomic E-state index is 12.3. The highest BCUT2D eigenvalue weighted by atomic mass is 35.5. The Balaban J connectivity index is 2.04. The molecule has 1 N–H and O–H groups in total. The van der Waals surface area contributed by atoms with E-state index in [9.17, 15) is 14.9 Å².